The van der Waals surface area contributed by atoms with E-state index in [0.717, 1.165) is 31.4 Å². The zero-order valence-electron chi connectivity index (χ0n) is 18.1. The second-order valence-electron chi connectivity index (χ2n) is 9.38. The average molecular weight is 485 g/mol. The van der Waals surface area contributed by atoms with Crippen LogP contribution in [0.3, 0.4) is 0 Å². The molecule has 5 rings (SSSR count). The van der Waals surface area contributed by atoms with Gasteiger partial charge in [0.2, 0.25) is 10.0 Å². The molecule has 1 heterocycles. The van der Waals surface area contributed by atoms with Crippen LogP contribution in [0.2, 0.25) is 0 Å². The first kappa shape index (κ1) is 23.9. The van der Waals surface area contributed by atoms with E-state index in [1.807, 2.05) is 0 Å². The van der Waals surface area contributed by atoms with Crippen LogP contribution in [-0.4, -0.2) is 38.3 Å². The molecule has 2 bridgehead atoms. The Bertz CT molecular complexity index is 1050. The minimum Gasteiger partial charge on any atom is -0.381 e. The lowest BCUT2D eigenvalue weighted by atomic mass is 9.57. The molecule has 4 fully saturated rings. The number of ether oxygens (including phenoxy) is 1. The third-order valence-electron chi connectivity index (χ3n) is 7.38. The molecule has 1 amide bonds. The molecule has 180 valence electrons. The minimum absolute atomic E-state index is 0.159. The maximum atomic E-state index is 13.4. The van der Waals surface area contributed by atoms with Crippen molar-refractivity contribution in [3.05, 3.63) is 29.3 Å². The SMILES string of the molecule is C#CC12CCC(NC(=O)c3cc(C(F)(F)F)ccc3NS(=O)(=O)C3CCOCC3)(CC1)CC2. The highest BCUT2D eigenvalue weighted by Crippen LogP contribution is 2.52. The van der Waals surface area contributed by atoms with Gasteiger partial charge in [-0.05, 0) is 69.6 Å². The van der Waals surface area contributed by atoms with Crippen LogP contribution in [0.15, 0.2) is 18.2 Å². The fourth-order valence-electron chi connectivity index (χ4n) is 5.12. The molecule has 1 aromatic rings. The molecule has 1 aliphatic heterocycles. The van der Waals surface area contributed by atoms with Crippen molar-refractivity contribution in [2.24, 2.45) is 5.41 Å². The molecule has 4 aliphatic rings. The third-order valence-corrected chi connectivity index (χ3v) is 9.24. The van der Waals surface area contributed by atoms with Crippen LogP contribution in [0.5, 0.6) is 0 Å². The Morgan fingerprint density at radius 1 is 1.09 bits per heavy atom. The van der Waals surface area contributed by atoms with Crippen molar-refractivity contribution in [3.8, 4) is 12.3 Å². The number of alkyl halides is 3. The number of rotatable bonds is 5. The molecule has 3 aliphatic carbocycles. The lowest BCUT2D eigenvalue weighted by molar-refractivity contribution is -0.137. The summed E-state index contributed by atoms with van der Waals surface area (Å²) in [5.41, 5.74) is -2.21. The molecule has 10 heteroatoms. The summed E-state index contributed by atoms with van der Waals surface area (Å²) in [4.78, 5) is 13.2. The summed E-state index contributed by atoms with van der Waals surface area (Å²) in [5.74, 6) is 2.15. The minimum atomic E-state index is -4.67. The van der Waals surface area contributed by atoms with Gasteiger partial charge in [-0.3, -0.25) is 9.52 Å². The maximum Gasteiger partial charge on any atom is 0.416 e. The molecule has 6 nitrogen and oxygen atoms in total. The molecule has 0 unspecified atom stereocenters. The van der Waals surface area contributed by atoms with Gasteiger partial charge >= 0.3 is 6.18 Å². The molecule has 0 aromatic heterocycles. The summed E-state index contributed by atoms with van der Waals surface area (Å²) in [6.07, 6.45) is 5.74. The van der Waals surface area contributed by atoms with Gasteiger partial charge in [0.05, 0.1) is 22.1 Å². The number of carbonyl (C=O) groups excluding carboxylic acids is 1. The van der Waals surface area contributed by atoms with Crippen molar-refractivity contribution in [2.75, 3.05) is 17.9 Å². The number of hydrogen-bond donors (Lipinski definition) is 2. The maximum absolute atomic E-state index is 13.4. The number of anilines is 1. The van der Waals surface area contributed by atoms with Crippen molar-refractivity contribution < 1.29 is 31.1 Å². The Labute approximate surface area is 191 Å². The van der Waals surface area contributed by atoms with Gasteiger partial charge in [-0.25, -0.2) is 8.42 Å². The molecule has 0 radical (unpaired) electrons. The number of amides is 1. The summed E-state index contributed by atoms with van der Waals surface area (Å²) in [6, 6.07) is 2.50. The Kier molecular flexibility index (Phi) is 6.16. The molecule has 33 heavy (non-hydrogen) atoms. The quantitative estimate of drug-likeness (QED) is 0.617. The summed E-state index contributed by atoms with van der Waals surface area (Å²) < 4.78 is 73.4. The van der Waals surface area contributed by atoms with Crippen LogP contribution in [0.1, 0.15) is 67.3 Å². The van der Waals surface area contributed by atoms with Gasteiger partial charge in [-0.2, -0.15) is 13.2 Å². The lowest BCUT2D eigenvalue weighted by Crippen LogP contribution is -2.56. The second-order valence-corrected chi connectivity index (χ2v) is 11.3. The van der Waals surface area contributed by atoms with Gasteiger partial charge in [-0.1, -0.05) is 5.92 Å². The number of fused-ring (bicyclic) bond motifs is 3. The average Bonchev–Trinajstić information content (AvgIpc) is 2.80. The number of nitrogens with one attached hydrogen (secondary N) is 2. The normalized spacial score (nSPS) is 28.2. The van der Waals surface area contributed by atoms with Crippen molar-refractivity contribution in [1.82, 2.24) is 5.32 Å². The second kappa shape index (κ2) is 8.51. The molecular formula is C23H27F3N2O4S. The van der Waals surface area contributed by atoms with E-state index in [1.54, 1.807) is 0 Å². The Hall–Kier alpha value is -2.25. The van der Waals surface area contributed by atoms with Crippen LogP contribution in [0.4, 0.5) is 18.9 Å². The van der Waals surface area contributed by atoms with E-state index in [0.29, 0.717) is 25.3 Å². The Morgan fingerprint density at radius 2 is 1.70 bits per heavy atom. The van der Waals surface area contributed by atoms with E-state index < -0.39 is 38.5 Å². The van der Waals surface area contributed by atoms with E-state index in [1.165, 1.54) is 0 Å². The zero-order valence-corrected chi connectivity index (χ0v) is 18.9. The molecular weight excluding hydrogens is 457 g/mol. The standard InChI is InChI=1S/C23H27F3N2O4S/c1-2-21-7-10-22(11-8-21,12-9-21)27-20(29)18-15-16(23(24,25)26)3-4-19(18)28-33(30,31)17-5-13-32-14-6-17/h1,3-4,15,17,28H,5-14H2,(H,27,29). The summed E-state index contributed by atoms with van der Waals surface area (Å²) in [6.45, 7) is 0.571. The van der Waals surface area contributed by atoms with Gasteiger partial charge in [0, 0.05) is 24.2 Å². The van der Waals surface area contributed by atoms with Crippen molar-refractivity contribution in [2.45, 2.75) is 68.3 Å². The molecule has 2 N–H and O–H groups in total. The van der Waals surface area contributed by atoms with Crippen molar-refractivity contribution >= 4 is 21.6 Å². The van der Waals surface area contributed by atoms with Gasteiger partial charge < -0.3 is 10.1 Å². The third kappa shape index (κ3) is 4.85. The monoisotopic (exact) mass is 484 g/mol. The predicted octanol–water partition coefficient (Wildman–Crippen LogP) is 4.08. The van der Waals surface area contributed by atoms with Crippen molar-refractivity contribution in [3.63, 3.8) is 0 Å². The highest BCUT2D eigenvalue weighted by molar-refractivity contribution is 7.93. The molecule has 3 saturated carbocycles. The fourth-order valence-corrected chi connectivity index (χ4v) is 6.58. The highest BCUT2D eigenvalue weighted by atomic mass is 32.2. The first-order valence-corrected chi connectivity index (χ1v) is 12.6. The number of sulfonamides is 1. The largest absolute Gasteiger partial charge is 0.416 e. The number of benzene rings is 1. The van der Waals surface area contributed by atoms with Gasteiger partial charge in [0.1, 0.15) is 0 Å². The van der Waals surface area contributed by atoms with Crippen LogP contribution >= 0.6 is 0 Å². The van der Waals surface area contributed by atoms with E-state index in [9.17, 15) is 26.4 Å². The number of halogens is 3. The fraction of sp³-hybridized carbons (Fsp3) is 0.609. The van der Waals surface area contributed by atoms with Crippen LogP contribution < -0.4 is 10.0 Å². The van der Waals surface area contributed by atoms with E-state index >= 15 is 0 Å². The van der Waals surface area contributed by atoms with Crippen LogP contribution in [0.25, 0.3) is 0 Å². The number of terminal acetylenes is 1. The number of carbonyl (C=O) groups is 1. The van der Waals surface area contributed by atoms with Gasteiger partial charge in [0.25, 0.3) is 5.91 Å². The topological polar surface area (TPSA) is 84.5 Å². The van der Waals surface area contributed by atoms with E-state index in [4.69, 9.17) is 11.2 Å². The molecule has 1 saturated heterocycles. The summed E-state index contributed by atoms with van der Waals surface area (Å²) in [5, 5.41) is 2.19. The lowest BCUT2D eigenvalue weighted by Gasteiger charge is -2.51. The zero-order chi connectivity index (χ0) is 23.9. The van der Waals surface area contributed by atoms with E-state index in [-0.39, 0.29) is 42.7 Å². The first-order valence-electron chi connectivity index (χ1n) is 11.1. The van der Waals surface area contributed by atoms with Gasteiger partial charge in [-0.15, -0.1) is 6.42 Å². The highest BCUT2D eigenvalue weighted by Gasteiger charge is 2.48. The van der Waals surface area contributed by atoms with Crippen LogP contribution in [-0.2, 0) is 20.9 Å². The summed E-state index contributed by atoms with van der Waals surface area (Å²) in [7, 11) is -3.91. The van der Waals surface area contributed by atoms with Crippen LogP contribution in [0, 0.1) is 17.8 Å². The first-order chi connectivity index (χ1) is 15.5. The van der Waals surface area contributed by atoms with Crippen molar-refractivity contribution in [1.29, 1.82) is 0 Å². The Morgan fingerprint density at radius 3 is 2.24 bits per heavy atom. The smallest absolute Gasteiger partial charge is 0.381 e. The molecule has 0 atom stereocenters. The van der Waals surface area contributed by atoms with Gasteiger partial charge in [0.15, 0.2) is 0 Å². The molecule has 1 aromatic carbocycles. The number of hydrogen-bond acceptors (Lipinski definition) is 4. The Balaban J connectivity index is 1.61. The predicted molar refractivity (Wildman–Crippen MR) is 117 cm³/mol. The summed E-state index contributed by atoms with van der Waals surface area (Å²) >= 11 is 0. The van der Waals surface area contributed by atoms with E-state index in [2.05, 4.69) is 16.0 Å². The molecule has 0 spiro atoms.